The summed E-state index contributed by atoms with van der Waals surface area (Å²) in [5.41, 5.74) is 1.78. The lowest BCUT2D eigenvalue weighted by Crippen LogP contribution is -2.35. The summed E-state index contributed by atoms with van der Waals surface area (Å²) in [4.78, 5) is 5.63. The first-order valence-electron chi connectivity index (χ1n) is 8.58. The number of ether oxygens (including phenoxy) is 2. The van der Waals surface area contributed by atoms with Crippen molar-refractivity contribution in [2.24, 2.45) is 5.16 Å². The van der Waals surface area contributed by atoms with Crippen LogP contribution in [-0.4, -0.2) is 36.2 Å². The Morgan fingerprint density at radius 1 is 1.48 bits per heavy atom. The van der Waals surface area contributed by atoms with Gasteiger partial charge in [-0.3, -0.25) is 0 Å². The minimum Gasteiger partial charge on any atom is -0.411 e. The quantitative estimate of drug-likeness (QED) is 0.442. The van der Waals surface area contributed by atoms with Gasteiger partial charge in [-0.25, -0.2) is 4.98 Å². The molecule has 0 saturated carbocycles. The van der Waals surface area contributed by atoms with Gasteiger partial charge in [0.05, 0.1) is 28.6 Å². The summed E-state index contributed by atoms with van der Waals surface area (Å²) in [6.45, 7) is 3.08. The highest BCUT2D eigenvalue weighted by Crippen LogP contribution is 2.41. The van der Waals surface area contributed by atoms with Crippen molar-refractivity contribution in [3.05, 3.63) is 40.5 Å². The summed E-state index contributed by atoms with van der Waals surface area (Å²) >= 11 is 3.24. The number of nitrogens with zero attached hydrogens (tertiary/aromatic N) is 3. The Bertz CT molecular complexity index is 867. The van der Waals surface area contributed by atoms with Gasteiger partial charge in [0.15, 0.2) is 0 Å². The van der Waals surface area contributed by atoms with E-state index < -0.39 is 0 Å². The predicted octanol–water partition coefficient (Wildman–Crippen LogP) is 4.21. The van der Waals surface area contributed by atoms with Gasteiger partial charge >= 0.3 is 0 Å². The Balaban J connectivity index is 1.83. The maximum Gasteiger partial charge on any atom is 0.126 e. The third kappa shape index (κ3) is 4.33. The smallest absolute Gasteiger partial charge is 0.126 e. The molecule has 1 saturated heterocycles. The van der Waals surface area contributed by atoms with Crippen LogP contribution in [0.1, 0.15) is 35.9 Å². The summed E-state index contributed by atoms with van der Waals surface area (Å²) in [5.74, 6) is 0. The van der Waals surface area contributed by atoms with Crippen molar-refractivity contribution < 1.29 is 14.7 Å². The Hall–Kier alpha value is -1.92. The second-order valence-electron chi connectivity index (χ2n) is 6.24. The topological polar surface area (TPSA) is 87.7 Å². The molecule has 0 bridgehead atoms. The van der Waals surface area contributed by atoms with E-state index in [1.54, 1.807) is 37.1 Å². The highest BCUT2D eigenvalue weighted by atomic mass is 32.2. The maximum atomic E-state index is 9.09. The molecular weight excluding hydrogens is 382 g/mol. The lowest BCUT2D eigenvalue weighted by Gasteiger charge is -2.33. The fourth-order valence-corrected chi connectivity index (χ4v) is 5.35. The van der Waals surface area contributed by atoms with Crippen LogP contribution in [0.4, 0.5) is 0 Å². The first-order chi connectivity index (χ1) is 13.1. The number of methoxy groups -OCH3 is 1. The van der Waals surface area contributed by atoms with Gasteiger partial charge in [-0.1, -0.05) is 23.0 Å². The molecule has 1 aromatic carbocycles. The molecule has 3 rings (SSSR count). The maximum absolute atomic E-state index is 9.09. The number of thiazole rings is 1. The molecule has 2 aromatic rings. The van der Waals surface area contributed by atoms with Crippen LogP contribution in [-0.2, 0) is 21.5 Å². The van der Waals surface area contributed by atoms with E-state index >= 15 is 0 Å². The first kappa shape index (κ1) is 19.8. The number of rotatable bonds is 6. The molecule has 2 heterocycles. The molecule has 0 amide bonds. The van der Waals surface area contributed by atoms with Crippen LogP contribution in [0.25, 0.3) is 0 Å². The van der Waals surface area contributed by atoms with Gasteiger partial charge in [0.25, 0.3) is 0 Å². The lowest BCUT2D eigenvalue weighted by atomic mass is 9.95. The average Bonchev–Trinajstić information content (AvgIpc) is 3.17. The second-order valence-corrected chi connectivity index (χ2v) is 8.64. The summed E-state index contributed by atoms with van der Waals surface area (Å²) in [5, 5.41) is 22.4. The van der Waals surface area contributed by atoms with E-state index in [2.05, 4.69) is 16.2 Å². The molecule has 142 valence electrons. The Morgan fingerprint density at radius 2 is 2.26 bits per heavy atom. The number of hydrogen-bond acceptors (Lipinski definition) is 8. The number of oxime groups is 1. The van der Waals surface area contributed by atoms with E-state index in [9.17, 15) is 0 Å². The second kappa shape index (κ2) is 8.85. The van der Waals surface area contributed by atoms with Gasteiger partial charge in [0.1, 0.15) is 10.6 Å². The van der Waals surface area contributed by atoms with Crippen molar-refractivity contribution >= 4 is 28.8 Å². The van der Waals surface area contributed by atoms with Crippen molar-refractivity contribution in [3.8, 4) is 6.07 Å². The molecular formula is C19H21N3O3S2. The van der Waals surface area contributed by atoms with Crippen LogP contribution < -0.4 is 0 Å². The van der Waals surface area contributed by atoms with Gasteiger partial charge in [-0.2, -0.15) is 5.26 Å². The van der Waals surface area contributed by atoms with Crippen LogP contribution >= 0.6 is 23.1 Å². The largest absolute Gasteiger partial charge is 0.411 e. The molecule has 0 radical (unpaired) electrons. The molecule has 6 nitrogen and oxygen atoms in total. The summed E-state index contributed by atoms with van der Waals surface area (Å²) < 4.78 is 12.3. The van der Waals surface area contributed by atoms with E-state index in [1.165, 1.54) is 0 Å². The normalized spacial score (nSPS) is 16.9. The third-order valence-electron chi connectivity index (χ3n) is 4.67. The third-order valence-corrected chi connectivity index (χ3v) is 6.94. The summed E-state index contributed by atoms with van der Waals surface area (Å²) in [6, 6.07) is 8.00. The van der Waals surface area contributed by atoms with Crippen molar-refractivity contribution in [2.45, 2.75) is 40.9 Å². The van der Waals surface area contributed by atoms with Gasteiger partial charge < -0.3 is 14.7 Å². The molecule has 0 aliphatic carbocycles. The number of aromatic nitrogens is 1. The molecule has 1 fully saturated rings. The number of hydrogen-bond donors (Lipinski definition) is 1. The molecule has 8 heteroatoms. The van der Waals surface area contributed by atoms with Crippen molar-refractivity contribution in [2.75, 3.05) is 20.3 Å². The average molecular weight is 404 g/mol. The molecule has 0 spiro atoms. The predicted molar refractivity (Wildman–Crippen MR) is 105 cm³/mol. The van der Waals surface area contributed by atoms with Gasteiger partial charge in [-0.15, -0.1) is 11.3 Å². The van der Waals surface area contributed by atoms with E-state index in [-0.39, 0.29) is 12.0 Å². The van der Waals surface area contributed by atoms with Gasteiger partial charge in [0.2, 0.25) is 0 Å². The van der Waals surface area contributed by atoms with Crippen molar-refractivity contribution in [1.29, 1.82) is 5.26 Å². The van der Waals surface area contributed by atoms with Crippen molar-refractivity contribution in [1.82, 2.24) is 4.98 Å². The zero-order valence-electron chi connectivity index (χ0n) is 15.3. The van der Waals surface area contributed by atoms with Crippen molar-refractivity contribution in [3.63, 3.8) is 0 Å². The minimum absolute atomic E-state index is 0.261. The molecule has 1 aromatic heterocycles. The molecule has 0 atom stereocenters. The number of nitriles is 1. The van der Waals surface area contributed by atoms with Gasteiger partial charge in [-0.05, 0) is 24.6 Å². The molecule has 27 heavy (non-hydrogen) atoms. The lowest BCUT2D eigenvalue weighted by molar-refractivity contribution is -0.0948. The molecule has 1 aliphatic rings. The highest BCUT2D eigenvalue weighted by Gasteiger charge is 2.37. The fraction of sp³-hybridized carbons (Fsp3) is 0.421. The van der Waals surface area contributed by atoms with Gasteiger partial charge in [0, 0.05) is 43.6 Å². The SMILES string of the molecule is COC1(c2ncc(Sc3ccc(/C(C)=N/O)c(CC#N)c3)s2)CCOCC1. The highest BCUT2D eigenvalue weighted by molar-refractivity contribution is 8.01. The molecule has 1 aliphatic heterocycles. The van der Waals surface area contributed by atoms with E-state index in [0.717, 1.165) is 38.1 Å². The van der Waals surface area contributed by atoms with Crippen LogP contribution in [0.2, 0.25) is 0 Å². The van der Waals surface area contributed by atoms with E-state index in [0.29, 0.717) is 18.9 Å². The monoisotopic (exact) mass is 403 g/mol. The Labute approximate surface area is 166 Å². The van der Waals surface area contributed by atoms with Crippen LogP contribution in [0.5, 0.6) is 0 Å². The Morgan fingerprint density at radius 3 is 2.93 bits per heavy atom. The van der Waals surface area contributed by atoms with E-state index in [4.69, 9.17) is 19.9 Å². The van der Waals surface area contributed by atoms with Crippen LogP contribution in [0, 0.1) is 11.3 Å². The first-order valence-corrected chi connectivity index (χ1v) is 10.2. The standard InChI is InChI=1S/C19H21N3O3S2/c1-13(22-23)16-4-3-15(11-14(16)5-8-20)26-17-12-21-18(27-17)19(24-2)6-9-25-10-7-19/h3-4,11-12,23H,5-7,9-10H2,1-2H3/b22-13+. The Kier molecular flexibility index (Phi) is 6.50. The van der Waals surface area contributed by atoms with Crippen LogP contribution in [0.3, 0.4) is 0 Å². The molecule has 1 N–H and O–H groups in total. The zero-order valence-corrected chi connectivity index (χ0v) is 16.9. The van der Waals surface area contributed by atoms with E-state index in [1.807, 2.05) is 24.4 Å². The summed E-state index contributed by atoms with van der Waals surface area (Å²) in [7, 11) is 1.73. The number of benzene rings is 1. The fourth-order valence-electron chi connectivity index (χ4n) is 3.11. The zero-order chi connectivity index (χ0) is 19.3. The summed E-state index contributed by atoms with van der Waals surface area (Å²) in [6.07, 6.45) is 3.75. The molecule has 0 unspecified atom stereocenters. The van der Waals surface area contributed by atoms with Crippen LogP contribution in [0.15, 0.2) is 38.7 Å². The minimum atomic E-state index is -0.355.